The molecule has 214 valence electrons. The maximum Gasteiger partial charge on any atom is 0.495 e. The van der Waals surface area contributed by atoms with Crippen molar-refractivity contribution in [2.75, 3.05) is 5.32 Å². The van der Waals surface area contributed by atoms with Gasteiger partial charge in [0.25, 0.3) is 0 Å². The molecular weight excluding hydrogens is 525 g/mol. The Bertz CT molecular complexity index is 1810. The van der Waals surface area contributed by atoms with E-state index in [1.54, 1.807) is 0 Å². The molecule has 4 heteroatoms. The molecule has 0 amide bonds. The number of hydrogen-bond acceptors (Lipinski definition) is 3. The van der Waals surface area contributed by atoms with Crippen LogP contribution in [0.25, 0.3) is 33.4 Å². The van der Waals surface area contributed by atoms with Crippen molar-refractivity contribution in [1.29, 1.82) is 0 Å². The Balaban J connectivity index is 1.34. The number of benzene rings is 5. The van der Waals surface area contributed by atoms with E-state index in [1.165, 1.54) is 33.4 Å². The summed E-state index contributed by atoms with van der Waals surface area (Å²) in [6, 6.07) is 41.2. The third-order valence-corrected chi connectivity index (χ3v) is 9.75. The highest BCUT2D eigenvalue weighted by Gasteiger charge is 2.52. The fourth-order valence-corrected chi connectivity index (χ4v) is 6.55. The third kappa shape index (κ3) is 4.61. The summed E-state index contributed by atoms with van der Waals surface area (Å²) >= 11 is 0. The van der Waals surface area contributed by atoms with Gasteiger partial charge < -0.3 is 14.6 Å². The molecule has 0 saturated carbocycles. The summed E-state index contributed by atoms with van der Waals surface area (Å²) in [5.41, 5.74) is 12.1. The molecule has 7 rings (SSSR count). The smallest absolute Gasteiger partial charge is 0.399 e. The van der Waals surface area contributed by atoms with Gasteiger partial charge >= 0.3 is 7.12 Å². The van der Waals surface area contributed by atoms with Gasteiger partial charge in [0.05, 0.1) is 11.2 Å². The van der Waals surface area contributed by atoms with E-state index < -0.39 is 18.3 Å². The molecule has 1 saturated heterocycles. The van der Waals surface area contributed by atoms with Crippen LogP contribution in [0.5, 0.6) is 0 Å². The number of nitrogens with one attached hydrogen (secondary N) is 1. The van der Waals surface area contributed by atoms with Crippen molar-refractivity contribution in [2.24, 2.45) is 0 Å². The Kier molecular flexibility index (Phi) is 6.43. The lowest BCUT2D eigenvalue weighted by molar-refractivity contribution is 0.00578. The molecule has 5 aromatic rings. The summed E-state index contributed by atoms with van der Waals surface area (Å²) in [5, 5.41) is 3.75. The van der Waals surface area contributed by atoms with Crippen molar-refractivity contribution in [3.05, 3.63) is 126 Å². The predicted molar refractivity (Wildman–Crippen MR) is 180 cm³/mol. The van der Waals surface area contributed by atoms with Gasteiger partial charge in [-0.1, -0.05) is 105 Å². The molecule has 0 unspecified atom stereocenters. The fraction of sp³-hybridized carbons (Fsp3) is 0.231. The maximum atomic E-state index is 6.62. The lowest BCUT2D eigenvalue weighted by Crippen LogP contribution is -2.41. The van der Waals surface area contributed by atoms with Crippen LogP contribution in [-0.4, -0.2) is 18.3 Å². The Hall–Kier alpha value is -4.12. The van der Waals surface area contributed by atoms with E-state index in [-0.39, 0.29) is 5.41 Å². The summed E-state index contributed by atoms with van der Waals surface area (Å²) in [5.74, 6) is 0. The van der Waals surface area contributed by atoms with Gasteiger partial charge in [0, 0.05) is 22.4 Å². The van der Waals surface area contributed by atoms with Gasteiger partial charge in [0.1, 0.15) is 0 Å². The fourth-order valence-electron chi connectivity index (χ4n) is 6.55. The Labute approximate surface area is 256 Å². The second-order valence-corrected chi connectivity index (χ2v) is 13.4. The lowest BCUT2D eigenvalue weighted by atomic mass is 9.73. The second kappa shape index (κ2) is 9.97. The molecule has 43 heavy (non-hydrogen) atoms. The summed E-state index contributed by atoms with van der Waals surface area (Å²) in [7, 11) is -0.485. The summed E-state index contributed by atoms with van der Waals surface area (Å²) < 4.78 is 13.2. The number of anilines is 2. The van der Waals surface area contributed by atoms with Crippen LogP contribution in [0, 0.1) is 0 Å². The van der Waals surface area contributed by atoms with Crippen molar-refractivity contribution in [2.45, 2.75) is 58.2 Å². The average Bonchev–Trinajstić information content (AvgIpc) is 3.37. The molecular formula is C39H38BNO2. The molecule has 1 aliphatic heterocycles. The highest BCUT2D eigenvalue weighted by molar-refractivity contribution is 6.64. The highest BCUT2D eigenvalue weighted by atomic mass is 16.7. The van der Waals surface area contributed by atoms with E-state index >= 15 is 0 Å². The van der Waals surface area contributed by atoms with Crippen LogP contribution < -0.4 is 10.8 Å². The van der Waals surface area contributed by atoms with Crippen LogP contribution >= 0.6 is 0 Å². The van der Waals surface area contributed by atoms with Crippen molar-refractivity contribution < 1.29 is 9.31 Å². The zero-order valence-corrected chi connectivity index (χ0v) is 25.9. The van der Waals surface area contributed by atoms with E-state index in [9.17, 15) is 0 Å². The molecule has 0 atom stereocenters. The summed E-state index contributed by atoms with van der Waals surface area (Å²) in [6.07, 6.45) is 0. The predicted octanol–water partition coefficient (Wildman–Crippen LogP) is 9.37. The Morgan fingerprint density at radius 2 is 1.14 bits per heavy atom. The molecule has 3 nitrogen and oxygen atoms in total. The quantitative estimate of drug-likeness (QED) is 0.216. The van der Waals surface area contributed by atoms with E-state index in [0.29, 0.717) is 0 Å². The van der Waals surface area contributed by atoms with Crippen molar-refractivity contribution >= 4 is 24.0 Å². The maximum absolute atomic E-state index is 6.62. The van der Waals surface area contributed by atoms with Gasteiger partial charge in [-0.25, -0.2) is 0 Å². The zero-order chi connectivity index (χ0) is 30.0. The van der Waals surface area contributed by atoms with Gasteiger partial charge in [-0.2, -0.15) is 0 Å². The lowest BCUT2D eigenvalue weighted by Gasteiger charge is -2.32. The first-order valence-corrected chi connectivity index (χ1v) is 15.2. The summed E-state index contributed by atoms with van der Waals surface area (Å²) in [4.78, 5) is 0. The molecule has 1 N–H and O–H groups in total. The highest BCUT2D eigenvalue weighted by Crippen LogP contribution is 2.50. The van der Waals surface area contributed by atoms with E-state index in [2.05, 4.69) is 156 Å². The van der Waals surface area contributed by atoms with Crippen molar-refractivity contribution in [3.8, 4) is 33.4 Å². The zero-order valence-electron chi connectivity index (χ0n) is 25.9. The molecule has 2 aliphatic rings. The van der Waals surface area contributed by atoms with Gasteiger partial charge in [-0.15, -0.1) is 0 Å². The summed E-state index contributed by atoms with van der Waals surface area (Å²) in [6.45, 7) is 13.1. The van der Waals surface area contributed by atoms with Crippen LogP contribution in [0.1, 0.15) is 52.7 Å². The van der Waals surface area contributed by atoms with Crippen LogP contribution in [0.2, 0.25) is 0 Å². The first kappa shape index (κ1) is 27.7. The Morgan fingerprint density at radius 3 is 1.86 bits per heavy atom. The van der Waals surface area contributed by atoms with Gasteiger partial charge in [-0.05, 0) is 96.4 Å². The van der Waals surface area contributed by atoms with Crippen molar-refractivity contribution in [3.63, 3.8) is 0 Å². The van der Waals surface area contributed by atoms with Crippen LogP contribution in [-0.2, 0) is 14.7 Å². The first-order chi connectivity index (χ1) is 20.5. The number of hydrogen-bond donors (Lipinski definition) is 1. The van der Waals surface area contributed by atoms with Gasteiger partial charge in [0.2, 0.25) is 0 Å². The topological polar surface area (TPSA) is 30.5 Å². The minimum Gasteiger partial charge on any atom is -0.399 e. The average molecular weight is 564 g/mol. The molecule has 5 aromatic carbocycles. The molecule has 0 bridgehead atoms. The number of rotatable bonds is 5. The largest absolute Gasteiger partial charge is 0.495 e. The molecule has 1 aliphatic carbocycles. The minimum atomic E-state index is -0.485. The monoisotopic (exact) mass is 563 g/mol. The normalized spacial score (nSPS) is 17.4. The van der Waals surface area contributed by atoms with Gasteiger partial charge in [0.15, 0.2) is 0 Å². The van der Waals surface area contributed by atoms with Gasteiger partial charge in [-0.3, -0.25) is 0 Å². The molecule has 0 aromatic heterocycles. The number of fused-ring (bicyclic) bond motifs is 3. The van der Waals surface area contributed by atoms with Crippen LogP contribution in [0.4, 0.5) is 11.4 Å². The van der Waals surface area contributed by atoms with E-state index in [4.69, 9.17) is 9.31 Å². The van der Waals surface area contributed by atoms with E-state index in [1.807, 2.05) is 6.07 Å². The molecule has 1 heterocycles. The SMILES string of the molecule is CC1(C)c2ccccc2-c2ccc(-c3c(Nc4ccc(-c5ccccc5)cc4)cccc3B3OC(C)(C)C(C)(C)O3)cc21. The van der Waals surface area contributed by atoms with Crippen molar-refractivity contribution in [1.82, 2.24) is 0 Å². The molecule has 0 radical (unpaired) electrons. The second-order valence-electron chi connectivity index (χ2n) is 13.4. The van der Waals surface area contributed by atoms with Crippen LogP contribution in [0.3, 0.4) is 0 Å². The van der Waals surface area contributed by atoms with Crippen LogP contribution in [0.15, 0.2) is 115 Å². The molecule has 1 fully saturated rings. The first-order valence-electron chi connectivity index (χ1n) is 15.2. The van der Waals surface area contributed by atoms with E-state index in [0.717, 1.165) is 28.0 Å². The standard InChI is InChI=1S/C39H38BNO2/c1-37(2)32-16-11-10-15-30(32)31-24-21-28(25-33(31)37)36-34(40-42-38(3,4)39(5,6)43-40)17-12-18-35(36)41-29-22-19-27(20-23-29)26-13-8-7-9-14-26/h7-25,41H,1-6H3. The molecule has 0 spiro atoms. The Morgan fingerprint density at radius 1 is 0.535 bits per heavy atom. The minimum absolute atomic E-state index is 0.0952. The third-order valence-electron chi connectivity index (χ3n) is 9.75.